The Morgan fingerprint density at radius 2 is 1.32 bits per heavy atom. The fourth-order valence-corrected chi connectivity index (χ4v) is 3.22. The van der Waals surface area contributed by atoms with Crippen molar-refractivity contribution >= 4 is 11.9 Å². The third-order valence-corrected chi connectivity index (χ3v) is 4.82. The van der Waals surface area contributed by atoms with Crippen molar-refractivity contribution in [3.63, 3.8) is 0 Å². The van der Waals surface area contributed by atoms with E-state index in [9.17, 15) is 9.59 Å². The summed E-state index contributed by atoms with van der Waals surface area (Å²) in [6, 6.07) is 29.3. The topological polar surface area (TPSA) is 64.6 Å². The fraction of sp³-hybridized carbons (Fsp3) is 0.231. The van der Waals surface area contributed by atoms with Crippen LogP contribution in [0.3, 0.4) is 0 Å². The van der Waals surface area contributed by atoms with Crippen molar-refractivity contribution < 1.29 is 19.1 Å². The maximum Gasteiger partial charge on any atom is 0.344 e. The van der Waals surface area contributed by atoms with Crippen molar-refractivity contribution in [2.45, 2.75) is 18.8 Å². The van der Waals surface area contributed by atoms with Crippen molar-refractivity contribution in [3.05, 3.63) is 102 Å². The molecule has 0 aromatic heterocycles. The van der Waals surface area contributed by atoms with Crippen molar-refractivity contribution in [2.24, 2.45) is 0 Å². The Bertz CT molecular complexity index is 890. The first-order valence-corrected chi connectivity index (χ1v) is 10.4. The molecule has 0 aliphatic rings. The second-order valence-corrected chi connectivity index (χ2v) is 7.10. The number of hydrogen-bond acceptors (Lipinski definition) is 4. The monoisotopic (exact) mass is 417 g/mol. The minimum atomic E-state index is -0.447. The van der Waals surface area contributed by atoms with Crippen molar-refractivity contribution in [1.29, 1.82) is 0 Å². The molecular formula is C26H27NO4. The van der Waals surface area contributed by atoms with Gasteiger partial charge in [-0.25, -0.2) is 4.79 Å². The van der Waals surface area contributed by atoms with Crippen LogP contribution < -0.4 is 10.1 Å². The number of benzene rings is 3. The molecule has 0 radical (unpaired) electrons. The number of para-hydroxylation sites is 1. The van der Waals surface area contributed by atoms with Gasteiger partial charge in [-0.3, -0.25) is 4.79 Å². The number of amides is 1. The van der Waals surface area contributed by atoms with Crippen molar-refractivity contribution in [3.8, 4) is 5.75 Å². The predicted molar refractivity (Wildman–Crippen MR) is 120 cm³/mol. The smallest absolute Gasteiger partial charge is 0.344 e. The zero-order chi connectivity index (χ0) is 21.7. The van der Waals surface area contributed by atoms with Crippen molar-refractivity contribution in [1.82, 2.24) is 5.32 Å². The molecule has 0 heterocycles. The van der Waals surface area contributed by atoms with E-state index in [1.54, 1.807) is 12.1 Å². The Kier molecular flexibility index (Phi) is 8.68. The van der Waals surface area contributed by atoms with Gasteiger partial charge in [-0.1, -0.05) is 78.9 Å². The molecule has 0 saturated heterocycles. The lowest BCUT2D eigenvalue weighted by atomic mass is 9.91. The Morgan fingerprint density at radius 1 is 0.774 bits per heavy atom. The largest absolute Gasteiger partial charge is 0.482 e. The van der Waals surface area contributed by atoms with Crippen LogP contribution in [0.15, 0.2) is 91.0 Å². The van der Waals surface area contributed by atoms with E-state index in [4.69, 9.17) is 9.47 Å². The standard InChI is InChI=1S/C26H27NO4/c28-25(17-10-18-30-26(29)20-31-23-15-8-3-9-16-23)27-19-24(21-11-4-1-5-12-21)22-13-6-2-7-14-22/h1-9,11-16,24H,10,17-20H2,(H,27,28). The van der Waals surface area contributed by atoms with E-state index in [0.717, 1.165) is 11.1 Å². The summed E-state index contributed by atoms with van der Waals surface area (Å²) in [6.07, 6.45) is 0.757. The summed E-state index contributed by atoms with van der Waals surface area (Å²) in [4.78, 5) is 24.0. The summed E-state index contributed by atoms with van der Waals surface area (Å²) in [5.74, 6) is 0.190. The van der Waals surface area contributed by atoms with Crippen molar-refractivity contribution in [2.75, 3.05) is 19.8 Å². The molecule has 3 aromatic rings. The molecule has 0 atom stereocenters. The zero-order valence-corrected chi connectivity index (χ0v) is 17.4. The quantitative estimate of drug-likeness (QED) is 0.372. The highest BCUT2D eigenvalue weighted by Crippen LogP contribution is 2.23. The molecule has 0 spiro atoms. The van der Waals surface area contributed by atoms with E-state index in [1.807, 2.05) is 54.6 Å². The molecule has 5 heteroatoms. The second kappa shape index (κ2) is 12.2. The molecule has 1 amide bonds. The van der Waals surface area contributed by atoms with Gasteiger partial charge < -0.3 is 14.8 Å². The van der Waals surface area contributed by atoms with Gasteiger partial charge in [0, 0.05) is 18.9 Å². The Morgan fingerprint density at radius 3 is 1.90 bits per heavy atom. The number of ether oxygens (including phenoxy) is 2. The highest BCUT2D eigenvalue weighted by molar-refractivity contribution is 5.76. The van der Waals surface area contributed by atoms with Gasteiger partial charge in [0.25, 0.3) is 0 Å². The minimum Gasteiger partial charge on any atom is -0.482 e. The molecule has 31 heavy (non-hydrogen) atoms. The highest BCUT2D eigenvalue weighted by atomic mass is 16.6. The molecule has 0 unspecified atom stereocenters. The van der Waals surface area contributed by atoms with Gasteiger partial charge in [0.2, 0.25) is 5.91 Å². The maximum atomic E-state index is 12.3. The highest BCUT2D eigenvalue weighted by Gasteiger charge is 2.15. The SMILES string of the molecule is O=C(CCCOC(=O)COc1ccccc1)NCC(c1ccccc1)c1ccccc1. The van der Waals surface area contributed by atoms with Crippen LogP contribution in [0.4, 0.5) is 0 Å². The van der Waals surface area contributed by atoms with Gasteiger partial charge in [0.05, 0.1) is 6.61 Å². The van der Waals surface area contributed by atoms with E-state index in [0.29, 0.717) is 25.1 Å². The molecule has 160 valence electrons. The van der Waals surface area contributed by atoms with Gasteiger partial charge in [0.15, 0.2) is 6.61 Å². The molecule has 0 bridgehead atoms. The average Bonchev–Trinajstić information content (AvgIpc) is 2.83. The first-order valence-electron chi connectivity index (χ1n) is 10.4. The summed E-state index contributed by atoms with van der Waals surface area (Å²) in [6.45, 7) is 0.550. The number of esters is 1. The molecule has 0 aliphatic carbocycles. The Balaban J connectivity index is 1.38. The van der Waals surface area contributed by atoms with E-state index in [1.165, 1.54) is 0 Å². The van der Waals surface area contributed by atoms with Gasteiger partial charge in [0.1, 0.15) is 5.75 Å². The van der Waals surface area contributed by atoms with Crippen LogP contribution in [-0.2, 0) is 14.3 Å². The number of carbonyl (C=O) groups is 2. The summed E-state index contributed by atoms with van der Waals surface area (Å²) in [7, 11) is 0. The van der Waals surface area contributed by atoms with Crippen LogP contribution in [0.1, 0.15) is 29.9 Å². The van der Waals surface area contributed by atoms with Crippen LogP contribution in [0.5, 0.6) is 5.75 Å². The lowest BCUT2D eigenvalue weighted by molar-refractivity contribution is -0.146. The van der Waals surface area contributed by atoms with Crippen LogP contribution in [0.2, 0.25) is 0 Å². The summed E-state index contributed by atoms with van der Waals surface area (Å²) < 4.78 is 10.5. The number of hydrogen-bond donors (Lipinski definition) is 1. The van der Waals surface area contributed by atoms with Crippen LogP contribution in [0, 0.1) is 0 Å². The molecule has 0 fully saturated rings. The molecule has 0 aliphatic heterocycles. The van der Waals surface area contributed by atoms with Crippen LogP contribution in [-0.4, -0.2) is 31.6 Å². The maximum absolute atomic E-state index is 12.3. The molecular weight excluding hydrogens is 390 g/mol. The van der Waals surface area contributed by atoms with Gasteiger partial charge in [-0.15, -0.1) is 0 Å². The zero-order valence-electron chi connectivity index (χ0n) is 17.4. The molecule has 3 rings (SSSR count). The molecule has 5 nitrogen and oxygen atoms in total. The number of nitrogens with one attached hydrogen (secondary N) is 1. The number of rotatable bonds is 11. The average molecular weight is 418 g/mol. The second-order valence-electron chi connectivity index (χ2n) is 7.10. The normalized spacial score (nSPS) is 10.5. The van der Waals surface area contributed by atoms with Crippen LogP contribution >= 0.6 is 0 Å². The van der Waals surface area contributed by atoms with E-state index < -0.39 is 5.97 Å². The fourth-order valence-electron chi connectivity index (χ4n) is 3.22. The summed E-state index contributed by atoms with van der Waals surface area (Å²) in [5, 5.41) is 3.01. The summed E-state index contributed by atoms with van der Waals surface area (Å²) >= 11 is 0. The Labute approximate surface area is 183 Å². The van der Waals surface area contributed by atoms with E-state index >= 15 is 0 Å². The third kappa shape index (κ3) is 7.63. The van der Waals surface area contributed by atoms with Gasteiger partial charge in [-0.2, -0.15) is 0 Å². The summed E-state index contributed by atoms with van der Waals surface area (Å²) in [5.41, 5.74) is 2.31. The minimum absolute atomic E-state index is 0.0616. The first kappa shape index (κ1) is 22.1. The lowest BCUT2D eigenvalue weighted by Gasteiger charge is -2.19. The molecule has 1 N–H and O–H groups in total. The lowest BCUT2D eigenvalue weighted by Crippen LogP contribution is -2.29. The van der Waals surface area contributed by atoms with E-state index in [2.05, 4.69) is 29.6 Å². The van der Waals surface area contributed by atoms with Gasteiger partial charge >= 0.3 is 5.97 Å². The molecule has 0 saturated carbocycles. The first-order chi connectivity index (χ1) is 15.2. The third-order valence-electron chi connectivity index (χ3n) is 4.82. The number of carbonyl (C=O) groups excluding carboxylic acids is 2. The van der Waals surface area contributed by atoms with E-state index in [-0.39, 0.29) is 25.0 Å². The van der Waals surface area contributed by atoms with Crippen LogP contribution in [0.25, 0.3) is 0 Å². The van der Waals surface area contributed by atoms with Gasteiger partial charge in [-0.05, 0) is 29.7 Å². The Hall–Kier alpha value is -3.60. The predicted octanol–water partition coefficient (Wildman–Crippen LogP) is 4.34. The molecule has 3 aromatic carbocycles.